The molecule has 0 aliphatic carbocycles. The van der Waals surface area contributed by atoms with Crippen LogP contribution >= 0.6 is 0 Å². The number of benzene rings is 1. The molecule has 1 aromatic rings. The molecule has 2 heterocycles. The van der Waals surface area contributed by atoms with E-state index < -0.39 is 0 Å². The minimum atomic E-state index is 0.807. The highest BCUT2D eigenvalue weighted by molar-refractivity contribution is 5.14. The SMILES string of the molecule is c1ccc(CCCN2CCN(C3CCNC3)CC2)cc1. The fraction of sp³-hybridized carbons (Fsp3) is 0.647. The highest BCUT2D eigenvalue weighted by Gasteiger charge is 2.25. The molecule has 1 atom stereocenters. The maximum Gasteiger partial charge on any atom is 0.0233 e. The van der Waals surface area contributed by atoms with Gasteiger partial charge in [-0.1, -0.05) is 30.3 Å². The fourth-order valence-electron chi connectivity index (χ4n) is 3.45. The second kappa shape index (κ2) is 7.21. The Kier molecular flexibility index (Phi) is 5.06. The first kappa shape index (κ1) is 14.1. The molecule has 2 fully saturated rings. The van der Waals surface area contributed by atoms with Gasteiger partial charge in [0.2, 0.25) is 0 Å². The smallest absolute Gasteiger partial charge is 0.0233 e. The predicted molar refractivity (Wildman–Crippen MR) is 84.1 cm³/mol. The van der Waals surface area contributed by atoms with Crippen LogP contribution in [0.25, 0.3) is 0 Å². The van der Waals surface area contributed by atoms with E-state index in [1.165, 1.54) is 70.6 Å². The average Bonchev–Trinajstić information content (AvgIpc) is 3.03. The van der Waals surface area contributed by atoms with Gasteiger partial charge in [0.25, 0.3) is 0 Å². The largest absolute Gasteiger partial charge is 0.315 e. The summed E-state index contributed by atoms with van der Waals surface area (Å²) in [6.45, 7) is 8.70. The standard InChI is InChI=1S/C17H27N3/c1-2-5-16(6-3-1)7-4-10-19-11-13-20(14-12-19)17-8-9-18-15-17/h1-3,5-6,17-18H,4,7-15H2. The van der Waals surface area contributed by atoms with Gasteiger partial charge < -0.3 is 10.2 Å². The van der Waals surface area contributed by atoms with Crippen molar-refractivity contribution in [3.63, 3.8) is 0 Å². The van der Waals surface area contributed by atoms with E-state index in [1.807, 2.05) is 0 Å². The van der Waals surface area contributed by atoms with E-state index in [1.54, 1.807) is 0 Å². The topological polar surface area (TPSA) is 18.5 Å². The Morgan fingerprint density at radius 3 is 2.55 bits per heavy atom. The van der Waals surface area contributed by atoms with Crippen molar-refractivity contribution in [2.24, 2.45) is 0 Å². The molecule has 0 bridgehead atoms. The van der Waals surface area contributed by atoms with Crippen LogP contribution in [0.3, 0.4) is 0 Å². The van der Waals surface area contributed by atoms with E-state index in [2.05, 4.69) is 45.4 Å². The second-order valence-electron chi connectivity index (χ2n) is 6.11. The summed E-state index contributed by atoms with van der Waals surface area (Å²) in [6.07, 6.45) is 3.84. The third-order valence-corrected chi connectivity index (χ3v) is 4.74. The minimum Gasteiger partial charge on any atom is -0.315 e. The van der Waals surface area contributed by atoms with E-state index in [9.17, 15) is 0 Å². The van der Waals surface area contributed by atoms with Gasteiger partial charge in [-0.25, -0.2) is 0 Å². The zero-order valence-corrected chi connectivity index (χ0v) is 12.4. The summed E-state index contributed by atoms with van der Waals surface area (Å²) < 4.78 is 0. The fourth-order valence-corrected chi connectivity index (χ4v) is 3.45. The van der Waals surface area contributed by atoms with Crippen LogP contribution in [0.2, 0.25) is 0 Å². The second-order valence-corrected chi connectivity index (χ2v) is 6.11. The number of nitrogens with one attached hydrogen (secondary N) is 1. The molecular weight excluding hydrogens is 246 g/mol. The third-order valence-electron chi connectivity index (χ3n) is 4.74. The summed E-state index contributed by atoms with van der Waals surface area (Å²) in [5.74, 6) is 0. The molecule has 0 spiro atoms. The molecule has 3 heteroatoms. The Hall–Kier alpha value is -0.900. The van der Waals surface area contributed by atoms with Crippen molar-refractivity contribution in [1.29, 1.82) is 0 Å². The van der Waals surface area contributed by atoms with Crippen molar-refractivity contribution < 1.29 is 0 Å². The molecule has 2 saturated heterocycles. The van der Waals surface area contributed by atoms with Gasteiger partial charge in [0.05, 0.1) is 0 Å². The van der Waals surface area contributed by atoms with Crippen LogP contribution in [-0.2, 0) is 6.42 Å². The van der Waals surface area contributed by atoms with Gasteiger partial charge in [-0.15, -0.1) is 0 Å². The predicted octanol–water partition coefficient (Wildman–Crippen LogP) is 1.60. The van der Waals surface area contributed by atoms with E-state index in [4.69, 9.17) is 0 Å². The van der Waals surface area contributed by atoms with Gasteiger partial charge in [-0.3, -0.25) is 4.90 Å². The van der Waals surface area contributed by atoms with Gasteiger partial charge in [0.15, 0.2) is 0 Å². The first-order chi connectivity index (χ1) is 9.92. The molecular formula is C17H27N3. The lowest BCUT2D eigenvalue weighted by Crippen LogP contribution is -2.51. The Morgan fingerprint density at radius 1 is 1.05 bits per heavy atom. The molecule has 3 nitrogen and oxygen atoms in total. The van der Waals surface area contributed by atoms with Crippen molar-refractivity contribution in [2.75, 3.05) is 45.8 Å². The van der Waals surface area contributed by atoms with Gasteiger partial charge in [0.1, 0.15) is 0 Å². The zero-order valence-electron chi connectivity index (χ0n) is 12.4. The van der Waals surface area contributed by atoms with Crippen LogP contribution in [0.5, 0.6) is 0 Å². The van der Waals surface area contributed by atoms with Crippen molar-refractivity contribution in [1.82, 2.24) is 15.1 Å². The zero-order chi connectivity index (χ0) is 13.6. The normalized spacial score (nSPS) is 25.1. The minimum absolute atomic E-state index is 0.807. The van der Waals surface area contributed by atoms with E-state index in [0.29, 0.717) is 0 Å². The summed E-state index contributed by atoms with van der Waals surface area (Å²) in [5, 5.41) is 3.48. The quantitative estimate of drug-likeness (QED) is 0.879. The number of piperazine rings is 1. The molecule has 2 aliphatic heterocycles. The summed E-state index contributed by atoms with van der Waals surface area (Å²) in [5.41, 5.74) is 1.48. The third kappa shape index (κ3) is 3.81. The van der Waals surface area contributed by atoms with Crippen molar-refractivity contribution in [3.8, 4) is 0 Å². The van der Waals surface area contributed by atoms with Crippen molar-refractivity contribution >= 4 is 0 Å². The maximum atomic E-state index is 3.48. The lowest BCUT2D eigenvalue weighted by Gasteiger charge is -2.37. The molecule has 0 amide bonds. The number of hydrogen-bond acceptors (Lipinski definition) is 3. The van der Waals surface area contributed by atoms with Crippen LogP contribution < -0.4 is 5.32 Å². The highest BCUT2D eigenvalue weighted by Crippen LogP contribution is 2.12. The van der Waals surface area contributed by atoms with E-state index in [0.717, 1.165) is 6.04 Å². The number of hydrogen-bond donors (Lipinski definition) is 1. The van der Waals surface area contributed by atoms with Crippen LogP contribution in [-0.4, -0.2) is 61.7 Å². The van der Waals surface area contributed by atoms with Crippen LogP contribution in [0.4, 0.5) is 0 Å². The first-order valence-corrected chi connectivity index (χ1v) is 8.13. The maximum absolute atomic E-state index is 3.48. The molecule has 0 radical (unpaired) electrons. The van der Waals surface area contributed by atoms with E-state index >= 15 is 0 Å². The summed E-state index contributed by atoms with van der Waals surface area (Å²) in [7, 11) is 0. The molecule has 20 heavy (non-hydrogen) atoms. The van der Waals surface area contributed by atoms with Crippen LogP contribution in [0.1, 0.15) is 18.4 Å². The highest BCUT2D eigenvalue weighted by atomic mass is 15.3. The van der Waals surface area contributed by atoms with E-state index in [-0.39, 0.29) is 0 Å². The molecule has 3 rings (SSSR count). The Morgan fingerprint density at radius 2 is 1.85 bits per heavy atom. The molecule has 1 N–H and O–H groups in total. The van der Waals surface area contributed by atoms with Crippen LogP contribution in [0.15, 0.2) is 30.3 Å². The molecule has 0 aromatic heterocycles. The Balaban J connectivity index is 1.34. The van der Waals surface area contributed by atoms with Gasteiger partial charge >= 0.3 is 0 Å². The molecule has 110 valence electrons. The number of nitrogens with zero attached hydrogens (tertiary/aromatic N) is 2. The van der Waals surface area contributed by atoms with Gasteiger partial charge in [-0.2, -0.15) is 0 Å². The molecule has 1 unspecified atom stereocenters. The van der Waals surface area contributed by atoms with Crippen molar-refractivity contribution in [2.45, 2.75) is 25.3 Å². The molecule has 2 aliphatic rings. The summed E-state index contributed by atoms with van der Waals surface area (Å²) in [4.78, 5) is 5.33. The van der Waals surface area contributed by atoms with Crippen molar-refractivity contribution in [3.05, 3.63) is 35.9 Å². The first-order valence-electron chi connectivity index (χ1n) is 8.13. The summed E-state index contributed by atoms with van der Waals surface area (Å²) in [6, 6.07) is 11.7. The Labute approximate surface area is 123 Å². The number of rotatable bonds is 5. The monoisotopic (exact) mass is 273 g/mol. The summed E-state index contributed by atoms with van der Waals surface area (Å²) >= 11 is 0. The lowest BCUT2D eigenvalue weighted by molar-refractivity contribution is 0.102. The average molecular weight is 273 g/mol. The van der Waals surface area contributed by atoms with Gasteiger partial charge in [-0.05, 0) is 37.9 Å². The lowest BCUT2D eigenvalue weighted by atomic mass is 10.1. The van der Waals surface area contributed by atoms with Gasteiger partial charge in [0, 0.05) is 38.8 Å². The molecule has 1 aromatic carbocycles. The number of aryl methyl sites for hydroxylation is 1. The molecule has 0 saturated carbocycles. The van der Waals surface area contributed by atoms with Crippen LogP contribution in [0, 0.1) is 0 Å². The Bertz CT molecular complexity index is 378.